The molecule has 0 saturated heterocycles. The fraction of sp³-hybridized carbons (Fsp3) is 0.294. The topological polar surface area (TPSA) is 61.3 Å². The molecule has 106 valence electrons. The largest absolute Gasteiger partial charge is 0.489 e. The average Bonchev–Trinajstić information content (AvgIpc) is 2.47. The third-order valence-electron chi connectivity index (χ3n) is 3.42. The lowest BCUT2D eigenvalue weighted by molar-refractivity contribution is 0.305. The van der Waals surface area contributed by atoms with E-state index in [1.807, 2.05) is 43.3 Å². The summed E-state index contributed by atoms with van der Waals surface area (Å²) in [4.78, 5) is 0. The van der Waals surface area contributed by atoms with Crippen molar-refractivity contribution in [3.8, 4) is 5.75 Å². The Kier molecular flexibility index (Phi) is 5.16. The summed E-state index contributed by atoms with van der Waals surface area (Å²) in [6.45, 7) is 3.09. The molecule has 20 heavy (non-hydrogen) atoms. The third kappa shape index (κ3) is 3.83. The normalized spacial score (nSPS) is 13.8. The van der Waals surface area contributed by atoms with Crippen molar-refractivity contribution < 1.29 is 4.74 Å². The van der Waals surface area contributed by atoms with E-state index in [0.29, 0.717) is 13.2 Å². The first kappa shape index (κ1) is 14.6. The lowest BCUT2D eigenvalue weighted by atomic mass is 9.93. The van der Waals surface area contributed by atoms with Crippen molar-refractivity contribution in [2.24, 2.45) is 11.5 Å². The molecule has 0 spiro atoms. The molecule has 3 heteroatoms. The molecular weight excluding hydrogens is 248 g/mol. The molecule has 0 radical (unpaired) electrons. The van der Waals surface area contributed by atoms with Crippen LogP contribution < -0.4 is 16.2 Å². The predicted molar refractivity (Wildman–Crippen MR) is 82.7 cm³/mol. The zero-order valence-corrected chi connectivity index (χ0v) is 11.8. The van der Waals surface area contributed by atoms with E-state index >= 15 is 0 Å². The summed E-state index contributed by atoms with van der Waals surface area (Å²) in [5, 5.41) is 0. The Morgan fingerprint density at radius 1 is 1.05 bits per heavy atom. The first-order valence-corrected chi connectivity index (χ1v) is 6.93. The Morgan fingerprint density at radius 2 is 1.80 bits per heavy atom. The van der Waals surface area contributed by atoms with Crippen LogP contribution in [0.2, 0.25) is 0 Å². The summed E-state index contributed by atoms with van der Waals surface area (Å²) in [5.74, 6) is 1.01. The van der Waals surface area contributed by atoms with Gasteiger partial charge in [-0.1, -0.05) is 42.5 Å². The summed E-state index contributed by atoms with van der Waals surface area (Å²) in [7, 11) is 0. The Labute approximate surface area is 120 Å². The number of hydrogen-bond acceptors (Lipinski definition) is 3. The van der Waals surface area contributed by atoms with Crippen molar-refractivity contribution in [3.05, 3.63) is 65.7 Å². The van der Waals surface area contributed by atoms with Crippen LogP contribution in [-0.2, 0) is 6.61 Å². The monoisotopic (exact) mass is 270 g/mol. The van der Waals surface area contributed by atoms with Gasteiger partial charge in [0.15, 0.2) is 0 Å². The molecular formula is C17H22N2O. The minimum atomic E-state index is 0.0318. The van der Waals surface area contributed by atoms with Crippen LogP contribution in [0.15, 0.2) is 54.6 Å². The van der Waals surface area contributed by atoms with E-state index in [0.717, 1.165) is 16.9 Å². The zero-order chi connectivity index (χ0) is 14.4. The SMILES string of the molecule is CC(N)C(CN)c1cccc(OCc2ccccc2)c1. The van der Waals surface area contributed by atoms with E-state index in [1.165, 1.54) is 0 Å². The maximum absolute atomic E-state index is 5.97. The van der Waals surface area contributed by atoms with Gasteiger partial charge in [0.25, 0.3) is 0 Å². The highest BCUT2D eigenvalue weighted by Gasteiger charge is 2.14. The third-order valence-corrected chi connectivity index (χ3v) is 3.42. The van der Waals surface area contributed by atoms with E-state index in [4.69, 9.17) is 16.2 Å². The fourth-order valence-corrected chi connectivity index (χ4v) is 2.23. The second kappa shape index (κ2) is 7.08. The molecule has 2 rings (SSSR count). The zero-order valence-electron chi connectivity index (χ0n) is 11.8. The Bertz CT molecular complexity index is 526. The van der Waals surface area contributed by atoms with Crippen LogP contribution in [0.1, 0.15) is 24.0 Å². The van der Waals surface area contributed by atoms with Crippen LogP contribution >= 0.6 is 0 Å². The Balaban J connectivity index is 2.06. The van der Waals surface area contributed by atoms with Gasteiger partial charge < -0.3 is 16.2 Å². The highest BCUT2D eigenvalue weighted by molar-refractivity contribution is 5.32. The lowest BCUT2D eigenvalue weighted by Gasteiger charge is -2.20. The Hall–Kier alpha value is -1.84. The average molecular weight is 270 g/mol. The highest BCUT2D eigenvalue weighted by Crippen LogP contribution is 2.23. The molecule has 3 nitrogen and oxygen atoms in total. The van der Waals surface area contributed by atoms with Crippen LogP contribution in [0.5, 0.6) is 5.75 Å². The molecule has 2 aromatic rings. The summed E-state index contributed by atoms with van der Waals surface area (Å²) >= 11 is 0. The smallest absolute Gasteiger partial charge is 0.120 e. The van der Waals surface area contributed by atoms with Gasteiger partial charge in [-0.25, -0.2) is 0 Å². The van der Waals surface area contributed by atoms with Crippen molar-refractivity contribution in [2.45, 2.75) is 25.5 Å². The molecule has 0 saturated carbocycles. The Morgan fingerprint density at radius 3 is 2.45 bits per heavy atom. The van der Waals surface area contributed by atoms with E-state index in [9.17, 15) is 0 Å². The minimum Gasteiger partial charge on any atom is -0.489 e. The molecule has 0 heterocycles. The molecule has 0 aliphatic rings. The van der Waals surface area contributed by atoms with Gasteiger partial charge in [-0.05, 0) is 30.2 Å². The quantitative estimate of drug-likeness (QED) is 0.848. The van der Waals surface area contributed by atoms with Crippen molar-refractivity contribution in [2.75, 3.05) is 6.54 Å². The van der Waals surface area contributed by atoms with Crippen molar-refractivity contribution >= 4 is 0 Å². The molecule has 0 aliphatic carbocycles. The molecule has 2 unspecified atom stereocenters. The van der Waals surface area contributed by atoms with Gasteiger partial charge in [-0.15, -0.1) is 0 Å². The summed E-state index contributed by atoms with van der Waals surface area (Å²) in [6, 6.07) is 18.2. The minimum absolute atomic E-state index is 0.0318. The maximum Gasteiger partial charge on any atom is 0.120 e. The summed E-state index contributed by atoms with van der Waals surface area (Å²) in [5.41, 5.74) is 14.1. The molecule has 0 bridgehead atoms. The van der Waals surface area contributed by atoms with Crippen molar-refractivity contribution in [3.63, 3.8) is 0 Å². The molecule has 0 fully saturated rings. The van der Waals surface area contributed by atoms with Gasteiger partial charge in [-0.3, -0.25) is 0 Å². The maximum atomic E-state index is 5.97. The van der Waals surface area contributed by atoms with E-state index in [2.05, 4.69) is 18.2 Å². The van der Waals surface area contributed by atoms with Gasteiger partial charge in [0.05, 0.1) is 0 Å². The van der Waals surface area contributed by atoms with Crippen molar-refractivity contribution in [1.29, 1.82) is 0 Å². The molecule has 2 atom stereocenters. The summed E-state index contributed by atoms with van der Waals surface area (Å²) in [6.07, 6.45) is 0. The van der Waals surface area contributed by atoms with Crippen LogP contribution in [0, 0.1) is 0 Å². The lowest BCUT2D eigenvalue weighted by Crippen LogP contribution is -2.30. The molecule has 0 aromatic heterocycles. The van der Waals surface area contributed by atoms with Crippen LogP contribution in [-0.4, -0.2) is 12.6 Å². The van der Waals surface area contributed by atoms with Gasteiger partial charge in [0.1, 0.15) is 12.4 Å². The number of benzene rings is 2. The fourth-order valence-electron chi connectivity index (χ4n) is 2.23. The van der Waals surface area contributed by atoms with Crippen molar-refractivity contribution in [1.82, 2.24) is 0 Å². The van der Waals surface area contributed by atoms with Gasteiger partial charge in [-0.2, -0.15) is 0 Å². The molecule has 2 aromatic carbocycles. The van der Waals surface area contributed by atoms with Gasteiger partial charge in [0, 0.05) is 18.5 Å². The van der Waals surface area contributed by atoms with E-state index in [-0.39, 0.29) is 12.0 Å². The first-order valence-electron chi connectivity index (χ1n) is 6.93. The molecule has 0 aliphatic heterocycles. The predicted octanol–water partition coefficient (Wildman–Crippen LogP) is 2.66. The van der Waals surface area contributed by atoms with Gasteiger partial charge >= 0.3 is 0 Å². The second-order valence-electron chi connectivity index (χ2n) is 5.05. The first-order chi connectivity index (χ1) is 9.70. The second-order valence-corrected chi connectivity index (χ2v) is 5.05. The molecule has 0 amide bonds. The van der Waals surface area contributed by atoms with Crippen LogP contribution in [0.25, 0.3) is 0 Å². The van der Waals surface area contributed by atoms with Gasteiger partial charge in [0.2, 0.25) is 0 Å². The number of hydrogen-bond donors (Lipinski definition) is 2. The highest BCUT2D eigenvalue weighted by atomic mass is 16.5. The number of nitrogens with two attached hydrogens (primary N) is 2. The summed E-state index contributed by atoms with van der Waals surface area (Å²) < 4.78 is 5.83. The van der Waals surface area contributed by atoms with E-state index in [1.54, 1.807) is 0 Å². The van der Waals surface area contributed by atoms with Crippen LogP contribution in [0.4, 0.5) is 0 Å². The number of rotatable bonds is 6. The number of ether oxygens (including phenoxy) is 1. The molecule has 4 N–H and O–H groups in total. The standard InChI is InChI=1S/C17H22N2O/c1-13(19)17(11-18)15-8-5-9-16(10-15)20-12-14-6-3-2-4-7-14/h2-10,13,17H,11-12,18-19H2,1H3. The van der Waals surface area contributed by atoms with Crippen LogP contribution in [0.3, 0.4) is 0 Å². The van der Waals surface area contributed by atoms with E-state index < -0.39 is 0 Å².